The van der Waals surface area contributed by atoms with E-state index in [0.29, 0.717) is 6.54 Å². The lowest BCUT2D eigenvalue weighted by Crippen LogP contribution is -2.32. The van der Waals surface area contributed by atoms with Gasteiger partial charge in [0.25, 0.3) is 5.91 Å². The highest BCUT2D eigenvalue weighted by molar-refractivity contribution is 5.92. The van der Waals surface area contributed by atoms with E-state index in [1.807, 2.05) is 6.07 Å². The summed E-state index contributed by atoms with van der Waals surface area (Å²) in [6, 6.07) is 6.25. The van der Waals surface area contributed by atoms with Crippen LogP contribution in [0.15, 0.2) is 23.0 Å². The number of hydrogen-bond acceptors (Lipinski definition) is 3. The highest BCUT2D eigenvalue weighted by Crippen LogP contribution is 1.98. The molecule has 0 aliphatic heterocycles. The van der Waals surface area contributed by atoms with E-state index in [4.69, 9.17) is 5.26 Å². The number of pyridine rings is 1. The first kappa shape index (κ1) is 11.0. The number of nitrogens with zero attached hydrogens (tertiary/aromatic N) is 2. The fourth-order valence-corrected chi connectivity index (χ4v) is 1.16. The molecule has 0 unspecified atom stereocenters. The minimum atomic E-state index is -0.336. The van der Waals surface area contributed by atoms with Gasteiger partial charge < -0.3 is 9.88 Å². The van der Waals surface area contributed by atoms with Gasteiger partial charge >= 0.3 is 0 Å². The zero-order valence-corrected chi connectivity index (χ0v) is 8.36. The number of nitrogens with one attached hydrogen (secondary N) is 1. The average molecular weight is 205 g/mol. The Balaban J connectivity index is 2.93. The first-order valence-electron chi connectivity index (χ1n) is 4.54. The second-order valence-corrected chi connectivity index (χ2v) is 2.91. The zero-order chi connectivity index (χ0) is 11.3. The number of H-pyrrole nitrogens is 1. The zero-order valence-electron chi connectivity index (χ0n) is 8.36. The third-order valence-corrected chi connectivity index (χ3v) is 1.93. The molecule has 0 fully saturated rings. The van der Waals surface area contributed by atoms with Crippen molar-refractivity contribution in [3.63, 3.8) is 0 Å². The van der Waals surface area contributed by atoms with Gasteiger partial charge in [-0.15, -0.1) is 0 Å². The number of aromatic amines is 1. The van der Waals surface area contributed by atoms with Crippen LogP contribution in [0.25, 0.3) is 0 Å². The van der Waals surface area contributed by atoms with E-state index in [9.17, 15) is 9.59 Å². The van der Waals surface area contributed by atoms with Crippen LogP contribution in [0.5, 0.6) is 0 Å². The quantitative estimate of drug-likeness (QED) is 0.724. The van der Waals surface area contributed by atoms with Crippen LogP contribution >= 0.6 is 0 Å². The molecule has 0 bridgehead atoms. The molecule has 0 aromatic carbocycles. The standard InChI is InChI=1S/C10H11N3O2/c1-2-13(7-6-11)10(15)8-4-3-5-9(14)12-8/h3-5H,2,7H2,1H3,(H,12,14). The van der Waals surface area contributed by atoms with Crippen LogP contribution in [0, 0.1) is 11.3 Å². The number of aromatic nitrogens is 1. The van der Waals surface area contributed by atoms with Gasteiger partial charge in [0.2, 0.25) is 5.56 Å². The molecule has 0 aliphatic rings. The smallest absolute Gasteiger partial charge is 0.271 e. The summed E-state index contributed by atoms with van der Waals surface area (Å²) in [4.78, 5) is 26.5. The Kier molecular flexibility index (Phi) is 3.63. The average Bonchev–Trinajstić information content (AvgIpc) is 2.25. The minimum Gasteiger partial charge on any atom is -0.324 e. The summed E-state index contributed by atoms with van der Waals surface area (Å²) < 4.78 is 0. The monoisotopic (exact) mass is 205 g/mol. The molecule has 0 spiro atoms. The second-order valence-electron chi connectivity index (χ2n) is 2.91. The predicted molar refractivity (Wildman–Crippen MR) is 54.3 cm³/mol. The van der Waals surface area contributed by atoms with Gasteiger partial charge in [0, 0.05) is 12.6 Å². The highest BCUT2D eigenvalue weighted by atomic mass is 16.2. The van der Waals surface area contributed by atoms with Crippen LogP contribution in [0.2, 0.25) is 0 Å². The Hall–Kier alpha value is -2.09. The molecule has 5 nitrogen and oxygen atoms in total. The van der Waals surface area contributed by atoms with E-state index >= 15 is 0 Å². The van der Waals surface area contributed by atoms with Crippen LogP contribution in [0.3, 0.4) is 0 Å². The van der Waals surface area contributed by atoms with Crippen molar-refractivity contribution in [1.82, 2.24) is 9.88 Å². The van der Waals surface area contributed by atoms with Crippen LogP contribution in [0.4, 0.5) is 0 Å². The van der Waals surface area contributed by atoms with E-state index in [-0.39, 0.29) is 23.7 Å². The maximum absolute atomic E-state index is 11.7. The maximum Gasteiger partial charge on any atom is 0.271 e. The van der Waals surface area contributed by atoms with Crippen molar-refractivity contribution in [2.45, 2.75) is 6.92 Å². The summed E-state index contributed by atoms with van der Waals surface area (Å²) >= 11 is 0. The lowest BCUT2D eigenvalue weighted by molar-refractivity contribution is 0.0778. The third-order valence-electron chi connectivity index (χ3n) is 1.93. The second kappa shape index (κ2) is 4.96. The van der Waals surface area contributed by atoms with Gasteiger partial charge in [-0.25, -0.2) is 0 Å². The summed E-state index contributed by atoms with van der Waals surface area (Å²) in [5, 5.41) is 8.50. The van der Waals surface area contributed by atoms with Crippen LogP contribution < -0.4 is 5.56 Å². The van der Waals surface area contributed by atoms with E-state index in [2.05, 4.69) is 4.98 Å². The predicted octanol–water partition coefficient (Wildman–Crippen LogP) is 0.361. The summed E-state index contributed by atoms with van der Waals surface area (Å²) in [6.45, 7) is 2.23. The summed E-state index contributed by atoms with van der Waals surface area (Å²) in [6.07, 6.45) is 0. The lowest BCUT2D eigenvalue weighted by atomic mass is 10.3. The fourth-order valence-electron chi connectivity index (χ4n) is 1.16. The molecule has 1 N–H and O–H groups in total. The Morgan fingerprint density at radius 3 is 2.87 bits per heavy atom. The van der Waals surface area contributed by atoms with Gasteiger partial charge in [0.1, 0.15) is 12.2 Å². The van der Waals surface area contributed by atoms with Gasteiger partial charge in [0.15, 0.2) is 0 Å². The molecule has 0 atom stereocenters. The molecule has 0 saturated carbocycles. The van der Waals surface area contributed by atoms with E-state index in [0.717, 1.165) is 0 Å². The normalized spacial score (nSPS) is 9.33. The van der Waals surface area contributed by atoms with Crippen LogP contribution in [-0.4, -0.2) is 28.9 Å². The Labute approximate surface area is 87.0 Å². The minimum absolute atomic E-state index is 0.0201. The van der Waals surface area contributed by atoms with Crippen molar-refractivity contribution >= 4 is 5.91 Å². The van der Waals surface area contributed by atoms with Crippen molar-refractivity contribution in [1.29, 1.82) is 5.26 Å². The molecular formula is C10H11N3O2. The summed E-state index contributed by atoms with van der Waals surface area (Å²) in [5.74, 6) is -0.336. The number of carbonyl (C=O) groups excluding carboxylic acids is 1. The van der Waals surface area contributed by atoms with Gasteiger partial charge in [-0.1, -0.05) is 6.07 Å². The van der Waals surface area contributed by atoms with Crippen molar-refractivity contribution in [2.24, 2.45) is 0 Å². The van der Waals surface area contributed by atoms with Gasteiger partial charge in [-0.2, -0.15) is 5.26 Å². The number of rotatable bonds is 3. The number of hydrogen-bond donors (Lipinski definition) is 1. The van der Waals surface area contributed by atoms with Gasteiger partial charge in [0.05, 0.1) is 6.07 Å². The third kappa shape index (κ3) is 2.68. The van der Waals surface area contributed by atoms with E-state index < -0.39 is 0 Å². The van der Waals surface area contributed by atoms with Crippen molar-refractivity contribution in [3.05, 3.63) is 34.2 Å². The topological polar surface area (TPSA) is 77.0 Å². The highest BCUT2D eigenvalue weighted by Gasteiger charge is 2.13. The Morgan fingerprint density at radius 2 is 2.33 bits per heavy atom. The molecule has 0 radical (unpaired) electrons. The summed E-state index contributed by atoms with van der Waals surface area (Å²) in [7, 11) is 0. The fraction of sp³-hybridized carbons (Fsp3) is 0.300. The molecule has 5 heteroatoms. The number of amides is 1. The molecule has 0 aliphatic carbocycles. The van der Waals surface area contributed by atoms with Gasteiger partial charge in [-0.3, -0.25) is 9.59 Å². The van der Waals surface area contributed by atoms with Gasteiger partial charge in [-0.05, 0) is 13.0 Å². The number of nitriles is 1. The van der Waals surface area contributed by atoms with Crippen molar-refractivity contribution in [3.8, 4) is 6.07 Å². The first-order chi connectivity index (χ1) is 7.19. The van der Waals surface area contributed by atoms with Crippen molar-refractivity contribution < 1.29 is 4.79 Å². The molecule has 1 rings (SSSR count). The molecule has 1 heterocycles. The summed E-state index contributed by atoms with van der Waals surface area (Å²) in [5.41, 5.74) is -0.117. The molecule has 1 aromatic heterocycles. The van der Waals surface area contributed by atoms with Crippen LogP contribution in [-0.2, 0) is 0 Å². The lowest BCUT2D eigenvalue weighted by Gasteiger charge is -2.16. The van der Waals surface area contributed by atoms with E-state index in [1.165, 1.54) is 23.1 Å². The number of carbonyl (C=O) groups is 1. The molecule has 1 aromatic rings. The van der Waals surface area contributed by atoms with E-state index in [1.54, 1.807) is 6.92 Å². The SMILES string of the molecule is CCN(CC#N)C(=O)c1cccc(=O)[nH]1. The molecule has 0 saturated heterocycles. The molecule has 1 amide bonds. The Morgan fingerprint density at radius 1 is 1.60 bits per heavy atom. The Bertz CT molecular complexity index is 444. The maximum atomic E-state index is 11.7. The van der Waals surface area contributed by atoms with Crippen molar-refractivity contribution in [2.75, 3.05) is 13.1 Å². The molecule has 15 heavy (non-hydrogen) atoms. The molecule has 78 valence electrons. The molecular weight excluding hydrogens is 194 g/mol. The van der Waals surface area contributed by atoms with Crippen LogP contribution in [0.1, 0.15) is 17.4 Å². The largest absolute Gasteiger partial charge is 0.324 e. The first-order valence-corrected chi connectivity index (χ1v) is 4.54.